The number of thiophene rings is 1. The molecule has 0 unspecified atom stereocenters. The van der Waals surface area contributed by atoms with Gasteiger partial charge in [-0.2, -0.15) is 11.3 Å². The maximum Gasteiger partial charge on any atom is 0.317 e. The fourth-order valence-electron chi connectivity index (χ4n) is 2.18. The normalized spacial score (nSPS) is 16.4. The van der Waals surface area contributed by atoms with Crippen molar-refractivity contribution in [2.75, 3.05) is 13.1 Å². The van der Waals surface area contributed by atoms with E-state index in [1.165, 1.54) is 5.56 Å². The summed E-state index contributed by atoms with van der Waals surface area (Å²) in [7, 11) is 0. The van der Waals surface area contributed by atoms with Crippen LogP contribution in [0.5, 0.6) is 0 Å². The predicted molar refractivity (Wildman–Crippen MR) is 73.2 cm³/mol. The van der Waals surface area contributed by atoms with Gasteiger partial charge < -0.3 is 15.3 Å². The maximum atomic E-state index is 12.0. The van der Waals surface area contributed by atoms with Crippen LogP contribution in [0.2, 0.25) is 0 Å². The van der Waals surface area contributed by atoms with Crippen molar-refractivity contribution in [2.45, 2.75) is 26.3 Å². The van der Waals surface area contributed by atoms with E-state index in [0.717, 1.165) is 5.56 Å². The summed E-state index contributed by atoms with van der Waals surface area (Å²) in [5.74, 6) is -1.06. The Labute approximate surface area is 116 Å². The molecule has 0 aromatic carbocycles. The molecule has 1 aromatic heterocycles. The number of amides is 2. The smallest absolute Gasteiger partial charge is 0.317 e. The maximum absolute atomic E-state index is 12.0. The van der Waals surface area contributed by atoms with E-state index in [0.29, 0.717) is 32.5 Å². The highest BCUT2D eigenvalue weighted by Crippen LogP contribution is 2.17. The summed E-state index contributed by atoms with van der Waals surface area (Å²) in [6.07, 6.45) is 1.08. The van der Waals surface area contributed by atoms with Gasteiger partial charge >= 0.3 is 12.0 Å². The Morgan fingerprint density at radius 3 is 2.63 bits per heavy atom. The molecule has 1 aliphatic rings. The van der Waals surface area contributed by atoms with E-state index in [-0.39, 0.29) is 11.9 Å². The molecule has 19 heavy (non-hydrogen) atoms. The van der Waals surface area contributed by atoms with Crippen molar-refractivity contribution in [3.8, 4) is 0 Å². The van der Waals surface area contributed by atoms with Gasteiger partial charge in [-0.25, -0.2) is 4.79 Å². The summed E-state index contributed by atoms with van der Waals surface area (Å²) in [6, 6.07) is -0.102. The van der Waals surface area contributed by atoms with Gasteiger partial charge in [-0.15, -0.1) is 0 Å². The molecule has 2 rings (SSSR count). The minimum Gasteiger partial charge on any atom is -0.481 e. The van der Waals surface area contributed by atoms with Crippen molar-refractivity contribution < 1.29 is 14.7 Å². The van der Waals surface area contributed by atoms with Gasteiger partial charge in [-0.05, 0) is 41.7 Å². The minimum atomic E-state index is -0.756. The zero-order valence-electron chi connectivity index (χ0n) is 10.9. The van der Waals surface area contributed by atoms with E-state index in [4.69, 9.17) is 5.11 Å². The Bertz CT molecular complexity index is 464. The molecule has 6 heteroatoms. The van der Waals surface area contributed by atoms with Gasteiger partial charge in [-0.3, -0.25) is 4.79 Å². The van der Waals surface area contributed by atoms with Crippen molar-refractivity contribution in [3.63, 3.8) is 0 Å². The standard InChI is InChI=1S/C13H18N2O3S/c1-9-7-19-8-11(9)6-14-13(18)15-4-2-10(3-5-15)12(16)17/h7-8,10H,2-6H2,1H3,(H,14,18)(H,16,17). The summed E-state index contributed by atoms with van der Waals surface area (Å²) >= 11 is 1.63. The molecule has 0 atom stereocenters. The average molecular weight is 282 g/mol. The van der Waals surface area contributed by atoms with Gasteiger partial charge in [0.25, 0.3) is 0 Å². The third-order valence-corrected chi connectivity index (χ3v) is 4.43. The highest BCUT2D eigenvalue weighted by Gasteiger charge is 2.26. The number of urea groups is 1. The molecule has 2 amide bonds. The van der Waals surface area contributed by atoms with Gasteiger partial charge in [0.2, 0.25) is 0 Å². The van der Waals surface area contributed by atoms with Crippen molar-refractivity contribution in [2.24, 2.45) is 5.92 Å². The molecule has 5 nitrogen and oxygen atoms in total. The number of hydrogen-bond acceptors (Lipinski definition) is 3. The van der Waals surface area contributed by atoms with Crippen LogP contribution in [-0.4, -0.2) is 35.1 Å². The van der Waals surface area contributed by atoms with Crippen LogP contribution in [0.4, 0.5) is 4.79 Å². The Morgan fingerprint density at radius 2 is 2.11 bits per heavy atom. The van der Waals surface area contributed by atoms with Crippen LogP contribution in [0.25, 0.3) is 0 Å². The number of carbonyl (C=O) groups excluding carboxylic acids is 1. The van der Waals surface area contributed by atoms with Gasteiger partial charge in [-0.1, -0.05) is 0 Å². The first-order valence-electron chi connectivity index (χ1n) is 6.35. The van der Waals surface area contributed by atoms with E-state index < -0.39 is 5.97 Å². The van der Waals surface area contributed by atoms with Gasteiger partial charge in [0, 0.05) is 19.6 Å². The lowest BCUT2D eigenvalue weighted by Gasteiger charge is -2.30. The number of aryl methyl sites for hydroxylation is 1. The molecule has 0 bridgehead atoms. The second-order valence-electron chi connectivity index (χ2n) is 4.84. The highest BCUT2D eigenvalue weighted by atomic mass is 32.1. The number of rotatable bonds is 3. The summed E-state index contributed by atoms with van der Waals surface area (Å²) in [5, 5.41) is 15.9. The number of carboxylic acid groups (broad SMARTS) is 1. The van der Waals surface area contributed by atoms with Crippen molar-refractivity contribution in [1.82, 2.24) is 10.2 Å². The lowest BCUT2D eigenvalue weighted by molar-refractivity contribution is -0.143. The SMILES string of the molecule is Cc1cscc1CNC(=O)N1CCC(C(=O)O)CC1. The van der Waals surface area contributed by atoms with E-state index in [2.05, 4.69) is 10.7 Å². The fraction of sp³-hybridized carbons (Fsp3) is 0.538. The van der Waals surface area contributed by atoms with E-state index in [9.17, 15) is 9.59 Å². The first kappa shape index (κ1) is 13.9. The van der Waals surface area contributed by atoms with Crippen LogP contribution < -0.4 is 5.32 Å². The largest absolute Gasteiger partial charge is 0.481 e. The van der Waals surface area contributed by atoms with Gasteiger partial charge in [0.15, 0.2) is 0 Å². The third kappa shape index (κ3) is 3.47. The fourth-order valence-corrected chi connectivity index (χ4v) is 3.04. The lowest BCUT2D eigenvalue weighted by Crippen LogP contribution is -2.45. The lowest BCUT2D eigenvalue weighted by atomic mass is 9.97. The van der Waals surface area contributed by atoms with Crippen molar-refractivity contribution in [1.29, 1.82) is 0 Å². The second-order valence-corrected chi connectivity index (χ2v) is 5.58. The molecule has 1 aromatic rings. The quantitative estimate of drug-likeness (QED) is 0.891. The zero-order chi connectivity index (χ0) is 13.8. The summed E-state index contributed by atoms with van der Waals surface area (Å²) in [6.45, 7) is 3.60. The molecule has 0 spiro atoms. The summed E-state index contributed by atoms with van der Waals surface area (Å²) in [4.78, 5) is 24.5. The summed E-state index contributed by atoms with van der Waals surface area (Å²) < 4.78 is 0. The van der Waals surface area contributed by atoms with Crippen molar-refractivity contribution >= 4 is 23.3 Å². The van der Waals surface area contributed by atoms with E-state index in [1.807, 2.05) is 12.3 Å². The molecule has 0 saturated carbocycles. The van der Waals surface area contributed by atoms with Gasteiger partial charge in [0.1, 0.15) is 0 Å². The van der Waals surface area contributed by atoms with Crippen LogP contribution in [0, 0.1) is 12.8 Å². The Balaban J connectivity index is 1.79. The van der Waals surface area contributed by atoms with E-state index >= 15 is 0 Å². The van der Waals surface area contributed by atoms with Crippen LogP contribution in [0.1, 0.15) is 24.0 Å². The molecule has 0 aliphatic carbocycles. The predicted octanol–water partition coefficient (Wildman–Crippen LogP) is 2.06. The number of nitrogens with zero attached hydrogens (tertiary/aromatic N) is 1. The number of nitrogens with one attached hydrogen (secondary N) is 1. The van der Waals surface area contributed by atoms with E-state index in [1.54, 1.807) is 16.2 Å². The Kier molecular flexibility index (Phi) is 4.42. The third-order valence-electron chi connectivity index (χ3n) is 3.52. The number of carbonyl (C=O) groups is 2. The van der Waals surface area contributed by atoms with Crippen LogP contribution in [0.15, 0.2) is 10.8 Å². The van der Waals surface area contributed by atoms with Crippen LogP contribution in [0.3, 0.4) is 0 Å². The van der Waals surface area contributed by atoms with Crippen molar-refractivity contribution in [3.05, 3.63) is 21.9 Å². The average Bonchev–Trinajstić information content (AvgIpc) is 2.81. The number of piperidine rings is 1. The topological polar surface area (TPSA) is 69.6 Å². The zero-order valence-corrected chi connectivity index (χ0v) is 11.7. The minimum absolute atomic E-state index is 0.102. The molecule has 2 N–H and O–H groups in total. The number of carboxylic acids is 1. The molecular weight excluding hydrogens is 264 g/mol. The number of likely N-dealkylation sites (tertiary alicyclic amines) is 1. The van der Waals surface area contributed by atoms with Crippen LogP contribution in [-0.2, 0) is 11.3 Å². The second kappa shape index (κ2) is 6.06. The molecule has 1 saturated heterocycles. The first-order valence-corrected chi connectivity index (χ1v) is 7.29. The molecule has 2 heterocycles. The molecule has 1 fully saturated rings. The highest BCUT2D eigenvalue weighted by molar-refractivity contribution is 7.08. The monoisotopic (exact) mass is 282 g/mol. The Hall–Kier alpha value is -1.56. The van der Waals surface area contributed by atoms with Crippen LogP contribution >= 0.6 is 11.3 Å². The van der Waals surface area contributed by atoms with Gasteiger partial charge in [0.05, 0.1) is 5.92 Å². The summed E-state index contributed by atoms with van der Waals surface area (Å²) in [5.41, 5.74) is 2.33. The molecule has 0 radical (unpaired) electrons. The first-order chi connectivity index (χ1) is 9.08. The molecule has 104 valence electrons. The molecule has 1 aliphatic heterocycles. The number of hydrogen-bond donors (Lipinski definition) is 2. The molecular formula is C13H18N2O3S. The number of aliphatic carboxylic acids is 1. The Morgan fingerprint density at radius 1 is 1.42 bits per heavy atom.